The minimum atomic E-state index is -0.347. The molecule has 3 rings (SSSR count). The fourth-order valence-electron chi connectivity index (χ4n) is 2.31. The van der Waals surface area contributed by atoms with Gasteiger partial charge in [-0.2, -0.15) is 0 Å². The number of carbonyl (C=O) groups excluding carboxylic acids is 2. The highest BCUT2D eigenvalue weighted by Gasteiger charge is 2.36. The fourth-order valence-corrected chi connectivity index (χ4v) is 3.22. The average Bonchev–Trinajstić information content (AvgIpc) is 2.74. The van der Waals surface area contributed by atoms with Crippen LogP contribution in [0.1, 0.15) is 46.0 Å². The molecular weight excluding hydrogens is 298 g/mol. The molecule has 0 radical (unpaired) electrons. The van der Waals surface area contributed by atoms with Gasteiger partial charge >= 0.3 is 0 Å². The SMILES string of the molecule is CC(C)c1ccc(O)c(SN2C(=O)c3ccccc3C2=O)c1. The molecule has 0 aliphatic carbocycles. The largest absolute Gasteiger partial charge is 0.507 e. The molecule has 0 fully saturated rings. The average molecular weight is 313 g/mol. The van der Waals surface area contributed by atoms with Crippen LogP contribution in [0.25, 0.3) is 0 Å². The number of hydrogen-bond acceptors (Lipinski definition) is 4. The third-order valence-corrected chi connectivity index (χ3v) is 4.63. The zero-order valence-corrected chi connectivity index (χ0v) is 13.1. The summed E-state index contributed by atoms with van der Waals surface area (Å²) in [4.78, 5) is 25.2. The summed E-state index contributed by atoms with van der Waals surface area (Å²) in [7, 11) is 0. The topological polar surface area (TPSA) is 57.6 Å². The molecule has 1 heterocycles. The molecular formula is C17H15NO3S. The zero-order valence-electron chi connectivity index (χ0n) is 12.2. The first-order valence-corrected chi connectivity index (χ1v) is 7.75. The number of aromatic hydroxyl groups is 1. The van der Waals surface area contributed by atoms with Gasteiger partial charge in [0.2, 0.25) is 0 Å². The van der Waals surface area contributed by atoms with E-state index in [1.54, 1.807) is 30.3 Å². The van der Waals surface area contributed by atoms with Gasteiger partial charge in [0.1, 0.15) is 5.75 Å². The second-order valence-electron chi connectivity index (χ2n) is 5.42. The highest BCUT2D eigenvalue weighted by Crippen LogP contribution is 2.38. The molecule has 0 unspecified atom stereocenters. The minimum Gasteiger partial charge on any atom is -0.507 e. The molecule has 1 N–H and O–H groups in total. The number of carbonyl (C=O) groups is 2. The minimum absolute atomic E-state index is 0.0611. The summed E-state index contributed by atoms with van der Waals surface area (Å²) in [5, 5.41) is 10.00. The Hall–Kier alpha value is -2.27. The number of imide groups is 1. The molecule has 2 aromatic carbocycles. The van der Waals surface area contributed by atoms with Gasteiger partial charge in [-0.05, 0) is 35.7 Å². The van der Waals surface area contributed by atoms with Crippen molar-refractivity contribution in [2.45, 2.75) is 24.7 Å². The second kappa shape index (κ2) is 5.50. The van der Waals surface area contributed by atoms with Gasteiger partial charge in [-0.3, -0.25) is 9.59 Å². The lowest BCUT2D eigenvalue weighted by Gasteiger charge is -2.15. The van der Waals surface area contributed by atoms with Crippen LogP contribution in [0.3, 0.4) is 0 Å². The molecule has 5 heteroatoms. The van der Waals surface area contributed by atoms with Crippen molar-refractivity contribution in [2.75, 3.05) is 0 Å². The number of phenolic OH excluding ortho intramolecular Hbond substituents is 1. The Bertz CT molecular complexity index is 735. The van der Waals surface area contributed by atoms with E-state index in [0.717, 1.165) is 21.8 Å². The first kappa shape index (κ1) is 14.7. The molecule has 4 nitrogen and oxygen atoms in total. The second-order valence-corrected chi connectivity index (χ2v) is 6.41. The number of phenols is 1. The summed E-state index contributed by atoms with van der Waals surface area (Å²) in [6.45, 7) is 4.09. The lowest BCUT2D eigenvalue weighted by Crippen LogP contribution is -2.21. The summed E-state index contributed by atoms with van der Waals surface area (Å²) in [5.41, 5.74) is 1.84. The van der Waals surface area contributed by atoms with Crippen LogP contribution in [0.4, 0.5) is 0 Å². The summed E-state index contributed by atoms with van der Waals surface area (Å²) >= 11 is 0.966. The van der Waals surface area contributed by atoms with Crippen molar-refractivity contribution in [3.63, 3.8) is 0 Å². The molecule has 0 atom stereocenters. The number of fused-ring (bicyclic) bond motifs is 1. The van der Waals surface area contributed by atoms with E-state index >= 15 is 0 Å². The monoisotopic (exact) mass is 313 g/mol. The third-order valence-electron chi connectivity index (χ3n) is 3.60. The van der Waals surface area contributed by atoms with Gasteiger partial charge in [-0.1, -0.05) is 32.0 Å². The van der Waals surface area contributed by atoms with Crippen LogP contribution in [-0.2, 0) is 0 Å². The molecule has 112 valence electrons. The number of rotatable bonds is 3. The zero-order chi connectivity index (χ0) is 15.9. The molecule has 1 aliphatic rings. The van der Waals surface area contributed by atoms with Gasteiger partial charge < -0.3 is 5.11 Å². The highest BCUT2D eigenvalue weighted by molar-refractivity contribution is 7.98. The molecule has 2 aromatic rings. The van der Waals surface area contributed by atoms with Crippen LogP contribution < -0.4 is 0 Å². The van der Waals surface area contributed by atoms with Crippen molar-refractivity contribution in [3.05, 3.63) is 59.2 Å². The van der Waals surface area contributed by atoms with Gasteiger partial charge in [0, 0.05) is 11.9 Å². The van der Waals surface area contributed by atoms with Gasteiger partial charge in [0.05, 0.1) is 16.0 Å². The van der Waals surface area contributed by atoms with Crippen LogP contribution in [0.15, 0.2) is 47.4 Å². The summed E-state index contributed by atoms with van der Waals surface area (Å²) < 4.78 is 1.10. The van der Waals surface area contributed by atoms with Gasteiger partial charge in [0.15, 0.2) is 0 Å². The van der Waals surface area contributed by atoms with Crippen molar-refractivity contribution in [1.29, 1.82) is 0 Å². The number of benzene rings is 2. The predicted molar refractivity (Wildman–Crippen MR) is 85.0 cm³/mol. The molecule has 0 saturated heterocycles. The number of hydrogen-bond donors (Lipinski definition) is 1. The summed E-state index contributed by atoms with van der Waals surface area (Å²) in [5.74, 6) is -0.340. The Morgan fingerprint density at radius 1 is 1.00 bits per heavy atom. The highest BCUT2D eigenvalue weighted by atomic mass is 32.2. The molecule has 1 aliphatic heterocycles. The van der Waals surface area contributed by atoms with Crippen molar-refractivity contribution < 1.29 is 14.7 Å². The van der Waals surface area contributed by atoms with E-state index in [9.17, 15) is 14.7 Å². The Labute approximate surface area is 132 Å². The quantitative estimate of drug-likeness (QED) is 0.691. The van der Waals surface area contributed by atoms with E-state index in [-0.39, 0.29) is 17.6 Å². The molecule has 22 heavy (non-hydrogen) atoms. The van der Waals surface area contributed by atoms with Crippen LogP contribution in [-0.4, -0.2) is 21.2 Å². The third kappa shape index (κ3) is 2.37. The normalized spacial score (nSPS) is 13.9. The standard InChI is InChI=1S/C17H15NO3S/c1-10(2)11-7-8-14(19)15(9-11)22-18-16(20)12-5-3-4-6-13(12)17(18)21/h3-10,19H,1-2H3. The van der Waals surface area contributed by atoms with E-state index in [0.29, 0.717) is 21.9 Å². The molecule has 0 bridgehead atoms. The molecule has 0 saturated carbocycles. The van der Waals surface area contributed by atoms with E-state index < -0.39 is 0 Å². The van der Waals surface area contributed by atoms with Crippen molar-refractivity contribution in [2.24, 2.45) is 0 Å². The van der Waals surface area contributed by atoms with Gasteiger partial charge in [-0.15, -0.1) is 0 Å². The van der Waals surface area contributed by atoms with Crippen LogP contribution in [0.5, 0.6) is 5.75 Å². The lowest BCUT2D eigenvalue weighted by atomic mass is 10.0. The smallest absolute Gasteiger partial charge is 0.272 e. The molecule has 0 aromatic heterocycles. The Morgan fingerprint density at radius 3 is 2.14 bits per heavy atom. The maximum atomic E-state index is 12.3. The molecule has 0 spiro atoms. The number of amides is 2. The van der Waals surface area contributed by atoms with E-state index in [4.69, 9.17) is 0 Å². The van der Waals surface area contributed by atoms with E-state index in [1.165, 1.54) is 0 Å². The first-order chi connectivity index (χ1) is 10.5. The van der Waals surface area contributed by atoms with Crippen LogP contribution >= 0.6 is 11.9 Å². The van der Waals surface area contributed by atoms with Crippen molar-refractivity contribution in [3.8, 4) is 5.75 Å². The Balaban J connectivity index is 1.94. The maximum absolute atomic E-state index is 12.3. The van der Waals surface area contributed by atoms with Crippen molar-refractivity contribution in [1.82, 2.24) is 4.31 Å². The lowest BCUT2D eigenvalue weighted by molar-refractivity contribution is 0.0777. The van der Waals surface area contributed by atoms with Gasteiger partial charge in [-0.25, -0.2) is 4.31 Å². The fraction of sp³-hybridized carbons (Fsp3) is 0.176. The van der Waals surface area contributed by atoms with Crippen LogP contribution in [0.2, 0.25) is 0 Å². The summed E-state index contributed by atoms with van der Waals surface area (Å²) in [6, 6.07) is 12.0. The Morgan fingerprint density at radius 2 is 1.59 bits per heavy atom. The van der Waals surface area contributed by atoms with E-state index in [1.807, 2.05) is 26.0 Å². The maximum Gasteiger partial charge on any atom is 0.272 e. The van der Waals surface area contributed by atoms with E-state index in [2.05, 4.69) is 0 Å². The number of nitrogens with zero attached hydrogens (tertiary/aromatic N) is 1. The molecule has 2 amide bonds. The predicted octanol–water partition coefficient (Wildman–Crippen LogP) is 3.82. The van der Waals surface area contributed by atoms with Gasteiger partial charge in [0.25, 0.3) is 11.8 Å². The van der Waals surface area contributed by atoms with Crippen molar-refractivity contribution >= 4 is 23.8 Å². The summed E-state index contributed by atoms with van der Waals surface area (Å²) in [6.07, 6.45) is 0. The van der Waals surface area contributed by atoms with Crippen LogP contribution in [0, 0.1) is 0 Å². The first-order valence-electron chi connectivity index (χ1n) is 6.97. The Kier molecular flexibility index (Phi) is 3.66.